The fraction of sp³-hybridized carbons (Fsp3) is 0.500. The van der Waals surface area contributed by atoms with Crippen LogP contribution in [0.4, 0.5) is 17.1 Å². The number of hydrogen-bond donors (Lipinski definition) is 2. The van der Waals surface area contributed by atoms with Crippen molar-refractivity contribution in [3.05, 3.63) is 28.3 Å². The normalized spacial score (nSPS) is 20.5. The van der Waals surface area contributed by atoms with Crippen molar-refractivity contribution in [3.63, 3.8) is 0 Å². The monoisotopic (exact) mass is 311 g/mol. The second kappa shape index (κ2) is 8.96. The van der Waals surface area contributed by atoms with Crippen molar-refractivity contribution in [1.29, 1.82) is 0 Å². The van der Waals surface area contributed by atoms with Crippen LogP contribution in [0.3, 0.4) is 0 Å². The number of carbonyl (C=O) groups is 1. The topological polar surface area (TPSA) is 117 Å². The van der Waals surface area contributed by atoms with Crippen molar-refractivity contribution in [3.8, 4) is 0 Å². The molecule has 0 spiro atoms. The van der Waals surface area contributed by atoms with E-state index in [1.807, 2.05) is 13.8 Å². The van der Waals surface area contributed by atoms with Crippen LogP contribution in [0.5, 0.6) is 0 Å². The van der Waals surface area contributed by atoms with Crippen LogP contribution in [0.2, 0.25) is 0 Å². The Labute approximate surface area is 128 Å². The third-order valence-electron chi connectivity index (χ3n) is 2.88. The van der Waals surface area contributed by atoms with Crippen LogP contribution in [0.25, 0.3) is 0 Å². The van der Waals surface area contributed by atoms with Crippen LogP contribution in [0.15, 0.2) is 18.2 Å². The van der Waals surface area contributed by atoms with Crippen molar-refractivity contribution in [2.75, 3.05) is 30.8 Å². The zero-order valence-electron chi connectivity index (χ0n) is 12.7. The molecule has 1 aromatic carbocycles. The van der Waals surface area contributed by atoms with Gasteiger partial charge in [0.05, 0.1) is 24.2 Å². The molecule has 0 amide bonds. The predicted octanol–water partition coefficient (Wildman–Crippen LogP) is 1.60. The van der Waals surface area contributed by atoms with Gasteiger partial charge in [-0.25, -0.2) is 0 Å². The van der Waals surface area contributed by atoms with Gasteiger partial charge in [-0.1, -0.05) is 13.8 Å². The molecule has 1 aliphatic rings. The lowest BCUT2D eigenvalue weighted by Gasteiger charge is -2.27. The lowest BCUT2D eigenvalue weighted by molar-refractivity contribution is -0.383. The first-order valence-electron chi connectivity index (χ1n) is 7.06. The number of anilines is 2. The van der Waals surface area contributed by atoms with Crippen molar-refractivity contribution in [2.24, 2.45) is 0 Å². The van der Waals surface area contributed by atoms with Gasteiger partial charge in [-0.05, 0) is 12.1 Å². The lowest BCUT2D eigenvalue weighted by Crippen LogP contribution is -2.40. The second-order valence-electron chi connectivity index (χ2n) is 4.38. The summed E-state index contributed by atoms with van der Waals surface area (Å²) in [6, 6.07) is 4.42. The molecular weight excluding hydrogens is 290 g/mol. The van der Waals surface area contributed by atoms with Crippen molar-refractivity contribution >= 4 is 23.3 Å². The number of nitrogens with zero attached hydrogens (tertiary/aromatic N) is 1. The highest BCUT2D eigenvalue weighted by Crippen LogP contribution is 2.26. The first kappa shape index (κ1) is 17.9. The number of ether oxygens (including phenoxy) is 2. The van der Waals surface area contributed by atoms with Gasteiger partial charge in [0.1, 0.15) is 11.8 Å². The maximum atomic E-state index is 10.9. The molecule has 22 heavy (non-hydrogen) atoms. The number of nitro groups is 1. The highest BCUT2D eigenvalue weighted by molar-refractivity contribution is 5.66. The Morgan fingerprint density at radius 2 is 2.14 bits per heavy atom. The molecule has 1 fully saturated rings. The van der Waals surface area contributed by atoms with Gasteiger partial charge < -0.3 is 25.3 Å². The summed E-state index contributed by atoms with van der Waals surface area (Å²) < 4.78 is 10.7. The number of nitrogens with one attached hydrogen (secondary N) is 1. The van der Waals surface area contributed by atoms with Gasteiger partial charge in [0.2, 0.25) is 0 Å². The molecule has 2 atom stereocenters. The van der Waals surface area contributed by atoms with E-state index in [1.165, 1.54) is 6.07 Å². The van der Waals surface area contributed by atoms with E-state index in [-0.39, 0.29) is 25.0 Å². The minimum Gasteiger partial charge on any atom is -0.399 e. The average molecular weight is 311 g/mol. The van der Waals surface area contributed by atoms with Crippen LogP contribution in [-0.4, -0.2) is 43.2 Å². The number of aldehydes is 1. The Balaban J connectivity index is 0.00000116. The van der Waals surface area contributed by atoms with Gasteiger partial charge in [-0.3, -0.25) is 10.1 Å². The summed E-state index contributed by atoms with van der Waals surface area (Å²) in [6.07, 6.45) is -0.102. The molecule has 122 valence electrons. The van der Waals surface area contributed by atoms with E-state index in [0.717, 1.165) is 0 Å². The summed E-state index contributed by atoms with van der Waals surface area (Å²) in [5.41, 5.74) is 6.13. The Bertz CT molecular complexity index is 501. The van der Waals surface area contributed by atoms with Crippen molar-refractivity contribution in [2.45, 2.75) is 26.1 Å². The van der Waals surface area contributed by atoms with Crippen molar-refractivity contribution in [1.82, 2.24) is 0 Å². The molecule has 3 N–H and O–H groups in total. The van der Waals surface area contributed by atoms with E-state index >= 15 is 0 Å². The zero-order chi connectivity index (χ0) is 16.5. The van der Waals surface area contributed by atoms with Crippen molar-refractivity contribution < 1.29 is 19.2 Å². The number of carbonyl (C=O) groups excluding carboxylic acids is 1. The summed E-state index contributed by atoms with van der Waals surface area (Å²) >= 11 is 0. The van der Waals surface area contributed by atoms with Gasteiger partial charge in [0.25, 0.3) is 5.69 Å². The SMILES string of the molecule is CC.Nc1ccc(NCC2COC(C=O)CO2)c([N+](=O)[O-])c1. The Morgan fingerprint density at radius 3 is 2.68 bits per heavy atom. The minimum absolute atomic E-state index is 0.0903. The number of nitrogens with two attached hydrogens (primary N) is 1. The van der Waals surface area contributed by atoms with Crippen LogP contribution >= 0.6 is 0 Å². The third kappa shape index (κ3) is 4.97. The highest BCUT2D eigenvalue weighted by Gasteiger charge is 2.22. The van der Waals surface area contributed by atoms with E-state index in [4.69, 9.17) is 15.2 Å². The third-order valence-corrected chi connectivity index (χ3v) is 2.88. The summed E-state index contributed by atoms with van der Waals surface area (Å²) in [4.78, 5) is 20.9. The molecular formula is C14H21N3O5. The Hall–Kier alpha value is -2.19. The molecule has 1 heterocycles. The van der Waals surface area contributed by atoms with Crippen LogP contribution in [0.1, 0.15) is 13.8 Å². The fourth-order valence-corrected chi connectivity index (χ4v) is 1.83. The zero-order valence-corrected chi connectivity index (χ0v) is 12.7. The molecule has 1 aliphatic heterocycles. The molecule has 8 nitrogen and oxygen atoms in total. The van der Waals surface area contributed by atoms with Crippen LogP contribution < -0.4 is 11.1 Å². The number of nitrogen functional groups attached to an aromatic ring is 1. The largest absolute Gasteiger partial charge is 0.399 e. The van der Waals surface area contributed by atoms with Gasteiger partial charge in [-0.15, -0.1) is 0 Å². The van der Waals surface area contributed by atoms with Crippen LogP contribution in [-0.2, 0) is 14.3 Å². The number of hydrogen-bond acceptors (Lipinski definition) is 7. The molecule has 0 radical (unpaired) electrons. The molecule has 0 aromatic heterocycles. The molecule has 1 saturated heterocycles. The molecule has 0 aliphatic carbocycles. The van der Waals surface area contributed by atoms with E-state index in [2.05, 4.69) is 5.32 Å². The Morgan fingerprint density at radius 1 is 1.41 bits per heavy atom. The van der Waals surface area contributed by atoms with Gasteiger partial charge in [0, 0.05) is 18.3 Å². The summed E-state index contributed by atoms with van der Waals surface area (Å²) in [7, 11) is 0. The van der Waals surface area contributed by atoms with Gasteiger partial charge in [-0.2, -0.15) is 0 Å². The average Bonchev–Trinajstić information content (AvgIpc) is 2.56. The molecule has 8 heteroatoms. The minimum atomic E-state index is -0.530. The maximum Gasteiger partial charge on any atom is 0.294 e. The first-order chi connectivity index (χ1) is 10.6. The standard InChI is InChI=1S/C12H15N3O5.C2H6/c13-8-1-2-11(12(3-8)15(17)18)14-4-9-6-20-10(5-16)7-19-9;1-2/h1-3,5,9-10,14H,4,6-7,13H2;1-2H3. The molecule has 1 aromatic rings. The van der Waals surface area contributed by atoms with E-state index in [0.29, 0.717) is 24.2 Å². The summed E-state index contributed by atoms with van der Waals surface area (Å²) in [6.45, 7) is 4.80. The summed E-state index contributed by atoms with van der Waals surface area (Å²) in [5.74, 6) is 0. The molecule has 0 bridgehead atoms. The van der Waals surface area contributed by atoms with Crippen LogP contribution in [0, 0.1) is 10.1 Å². The smallest absolute Gasteiger partial charge is 0.294 e. The van der Waals surface area contributed by atoms with E-state index in [9.17, 15) is 14.9 Å². The van der Waals surface area contributed by atoms with Gasteiger partial charge >= 0.3 is 0 Å². The Kier molecular flexibility index (Phi) is 7.27. The molecule has 0 saturated carbocycles. The van der Waals surface area contributed by atoms with Gasteiger partial charge in [0.15, 0.2) is 6.29 Å². The second-order valence-corrected chi connectivity index (χ2v) is 4.38. The predicted molar refractivity (Wildman–Crippen MR) is 82.9 cm³/mol. The maximum absolute atomic E-state index is 10.9. The lowest BCUT2D eigenvalue weighted by atomic mass is 10.2. The number of benzene rings is 1. The number of rotatable bonds is 5. The molecule has 2 unspecified atom stereocenters. The molecule has 2 rings (SSSR count). The first-order valence-corrected chi connectivity index (χ1v) is 7.06. The summed E-state index contributed by atoms with van der Waals surface area (Å²) in [5, 5.41) is 13.9. The van der Waals surface area contributed by atoms with E-state index < -0.39 is 11.0 Å². The fourth-order valence-electron chi connectivity index (χ4n) is 1.83. The van der Waals surface area contributed by atoms with E-state index in [1.54, 1.807) is 12.1 Å². The number of nitro benzene ring substituents is 1. The highest BCUT2D eigenvalue weighted by atomic mass is 16.6. The quantitative estimate of drug-likeness (QED) is 0.367.